The van der Waals surface area contributed by atoms with Crippen LogP contribution in [0, 0.1) is 27.8 Å². The number of primary amides is 1. The van der Waals surface area contributed by atoms with Crippen LogP contribution in [0.2, 0.25) is 5.02 Å². The highest BCUT2D eigenvalue weighted by atomic mass is 35.5. The second-order valence-electron chi connectivity index (χ2n) is 2.65. The number of nitro groups is 1. The van der Waals surface area contributed by atoms with Crippen molar-refractivity contribution >= 4 is 23.2 Å². The Morgan fingerprint density at radius 2 is 2.19 bits per heavy atom. The van der Waals surface area contributed by atoms with Crippen molar-refractivity contribution < 1.29 is 14.1 Å². The van der Waals surface area contributed by atoms with E-state index in [0.717, 1.165) is 12.1 Å². The van der Waals surface area contributed by atoms with Crippen LogP contribution in [-0.2, 0) is 4.79 Å². The molecule has 0 saturated carbocycles. The maximum absolute atomic E-state index is 13.1. The predicted molar refractivity (Wildman–Crippen MR) is 54.1 cm³/mol. The van der Waals surface area contributed by atoms with Crippen LogP contribution in [0.3, 0.4) is 0 Å². The van der Waals surface area contributed by atoms with Gasteiger partial charge in [-0.05, 0) is 6.07 Å². The molecule has 0 saturated heterocycles. The third-order valence-corrected chi connectivity index (χ3v) is 1.87. The van der Waals surface area contributed by atoms with E-state index in [0.29, 0.717) is 0 Å². The van der Waals surface area contributed by atoms with Gasteiger partial charge in [-0.3, -0.25) is 14.9 Å². The molecule has 0 heterocycles. The van der Waals surface area contributed by atoms with Crippen LogP contribution in [0.1, 0.15) is 5.56 Å². The Kier molecular flexibility index (Phi) is 3.43. The predicted octanol–water partition coefficient (Wildman–Crippen LogP) is 1.22. The summed E-state index contributed by atoms with van der Waals surface area (Å²) in [6, 6.07) is 1.60. The first-order valence-corrected chi connectivity index (χ1v) is 4.24. The van der Waals surface area contributed by atoms with Crippen molar-refractivity contribution in [3.8, 4) is 11.8 Å². The third kappa shape index (κ3) is 2.68. The lowest BCUT2D eigenvalue weighted by atomic mass is 10.2. The molecule has 7 heteroatoms. The molecular formula is C9H4ClFN2O3. The summed E-state index contributed by atoms with van der Waals surface area (Å²) in [4.78, 5) is 19.8. The van der Waals surface area contributed by atoms with Gasteiger partial charge in [-0.1, -0.05) is 17.5 Å². The zero-order valence-electron chi connectivity index (χ0n) is 7.66. The van der Waals surface area contributed by atoms with Gasteiger partial charge in [0.15, 0.2) is 0 Å². The van der Waals surface area contributed by atoms with Crippen LogP contribution in [0.4, 0.5) is 10.1 Å². The topological polar surface area (TPSA) is 86.2 Å². The van der Waals surface area contributed by atoms with Crippen molar-refractivity contribution in [2.75, 3.05) is 0 Å². The molecule has 0 bridgehead atoms. The van der Waals surface area contributed by atoms with Crippen LogP contribution in [0.5, 0.6) is 0 Å². The molecule has 0 atom stereocenters. The highest BCUT2D eigenvalue weighted by Crippen LogP contribution is 2.25. The molecule has 0 unspecified atom stereocenters. The van der Waals surface area contributed by atoms with Gasteiger partial charge in [-0.25, -0.2) is 0 Å². The number of nitro benzene ring substituents is 1. The SMILES string of the molecule is NC(=O)C#Cc1cc(F)c([N+](=O)[O-])cc1Cl. The molecule has 0 spiro atoms. The summed E-state index contributed by atoms with van der Waals surface area (Å²) < 4.78 is 13.1. The average Bonchev–Trinajstić information content (AvgIpc) is 2.18. The van der Waals surface area contributed by atoms with Gasteiger partial charge in [0.1, 0.15) is 0 Å². The fraction of sp³-hybridized carbons (Fsp3) is 0. The van der Waals surface area contributed by atoms with Gasteiger partial charge >= 0.3 is 5.69 Å². The van der Waals surface area contributed by atoms with Gasteiger partial charge in [0.05, 0.1) is 9.95 Å². The number of rotatable bonds is 1. The molecule has 1 rings (SSSR count). The average molecular weight is 243 g/mol. The number of hydrogen-bond acceptors (Lipinski definition) is 3. The van der Waals surface area contributed by atoms with Crippen molar-refractivity contribution in [1.82, 2.24) is 0 Å². The minimum Gasteiger partial charge on any atom is -0.359 e. The number of benzene rings is 1. The molecule has 0 aromatic heterocycles. The summed E-state index contributed by atoms with van der Waals surface area (Å²) >= 11 is 5.60. The minimum atomic E-state index is -1.08. The van der Waals surface area contributed by atoms with E-state index in [1.807, 2.05) is 5.92 Å². The Morgan fingerprint density at radius 3 is 2.69 bits per heavy atom. The highest BCUT2D eigenvalue weighted by Gasteiger charge is 2.16. The van der Waals surface area contributed by atoms with Crippen LogP contribution in [0.15, 0.2) is 12.1 Å². The molecule has 0 aliphatic carbocycles. The number of amides is 1. The molecule has 1 amide bonds. The van der Waals surface area contributed by atoms with Crippen LogP contribution >= 0.6 is 11.6 Å². The smallest absolute Gasteiger partial charge is 0.306 e. The number of nitrogens with two attached hydrogens (primary N) is 1. The van der Waals surface area contributed by atoms with Gasteiger partial charge in [-0.15, -0.1) is 0 Å². The summed E-state index contributed by atoms with van der Waals surface area (Å²) in [5, 5.41) is 10.2. The first-order chi connectivity index (χ1) is 7.41. The van der Waals surface area contributed by atoms with Crippen LogP contribution < -0.4 is 5.73 Å². The molecule has 0 fully saturated rings. The Balaban J connectivity index is 3.27. The van der Waals surface area contributed by atoms with Gasteiger partial charge in [0.2, 0.25) is 5.82 Å². The number of carbonyl (C=O) groups excluding carboxylic acids is 1. The lowest BCUT2D eigenvalue weighted by Crippen LogP contribution is -2.06. The fourth-order valence-corrected chi connectivity index (χ4v) is 1.11. The monoisotopic (exact) mass is 242 g/mol. The van der Waals surface area contributed by atoms with Gasteiger partial charge in [0, 0.05) is 17.6 Å². The first-order valence-electron chi connectivity index (χ1n) is 3.86. The summed E-state index contributed by atoms with van der Waals surface area (Å²) in [6.45, 7) is 0. The molecule has 16 heavy (non-hydrogen) atoms. The van der Waals surface area contributed by atoms with E-state index in [1.165, 1.54) is 0 Å². The van der Waals surface area contributed by atoms with Crippen molar-refractivity contribution in [2.45, 2.75) is 0 Å². The van der Waals surface area contributed by atoms with E-state index < -0.39 is 22.3 Å². The molecular weight excluding hydrogens is 239 g/mol. The molecule has 1 aromatic carbocycles. The maximum atomic E-state index is 13.1. The van der Waals surface area contributed by atoms with E-state index in [2.05, 4.69) is 5.92 Å². The highest BCUT2D eigenvalue weighted by molar-refractivity contribution is 6.32. The summed E-state index contributed by atoms with van der Waals surface area (Å²) in [5.74, 6) is 2.16. The lowest BCUT2D eigenvalue weighted by molar-refractivity contribution is -0.387. The maximum Gasteiger partial charge on any atom is 0.306 e. The molecule has 5 nitrogen and oxygen atoms in total. The Bertz CT molecular complexity index is 534. The van der Waals surface area contributed by atoms with E-state index in [9.17, 15) is 19.3 Å². The minimum absolute atomic E-state index is 0.0384. The number of hydrogen-bond donors (Lipinski definition) is 1. The molecule has 82 valence electrons. The van der Waals surface area contributed by atoms with Crippen molar-refractivity contribution in [1.29, 1.82) is 0 Å². The zero-order chi connectivity index (χ0) is 12.3. The van der Waals surface area contributed by atoms with E-state index >= 15 is 0 Å². The van der Waals surface area contributed by atoms with Crippen molar-refractivity contribution in [3.05, 3.63) is 38.7 Å². The second kappa shape index (κ2) is 4.59. The third-order valence-electron chi connectivity index (χ3n) is 1.55. The largest absolute Gasteiger partial charge is 0.359 e. The summed E-state index contributed by atoms with van der Waals surface area (Å²) in [6.07, 6.45) is 0. The Morgan fingerprint density at radius 1 is 1.56 bits per heavy atom. The molecule has 0 radical (unpaired) electrons. The molecule has 2 N–H and O–H groups in total. The fourth-order valence-electron chi connectivity index (χ4n) is 0.901. The van der Waals surface area contributed by atoms with Crippen LogP contribution in [-0.4, -0.2) is 10.8 Å². The zero-order valence-corrected chi connectivity index (χ0v) is 8.42. The summed E-state index contributed by atoms with van der Waals surface area (Å²) in [7, 11) is 0. The first kappa shape index (κ1) is 11.9. The quantitative estimate of drug-likeness (QED) is 0.456. The lowest BCUT2D eigenvalue weighted by Gasteiger charge is -1.97. The summed E-state index contributed by atoms with van der Waals surface area (Å²) in [5.41, 5.74) is 3.96. The molecule has 1 aromatic rings. The number of carbonyl (C=O) groups is 1. The van der Waals surface area contributed by atoms with Gasteiger partial charge in [0.25, 0.3) is 5.91 Å². The second-order valence-corrected chi connectivity index (χ2v) is 3.06. The molecule has 0 aliphatic rings. The van der Waals surface area contributed by atoms with E-state index in [4.69, 9.17) is 17.3 Å². The van der Waals surface area contributed by atoms with Gasteiger partial charge in [-0.2, -0.15) is 4.39 Å². The van der Waals surface area contributed by atoms with Crippen molar-refractivity contribution in [2.24, 2.45) is 5.73 Å². The Hall–Kier alpha value is -2.13. The number of halogens is 2. The standard InChI is InChI=1S/C9H4ClFN2O3/c10-6-4-8(13(15)16)7(11)3-5(6)1-2-9(12)14/h3-4H,(H2,12,14). The van der Waals surface area contributed by atoms with E-state index in [-0.39, 0.29) is 10.6 Å². The van der Waals surface area contributed by atoms with Crippen LogP contribution in [0.25, 0.3) is 0 Å². The Labute approximate surface area is 94.1 Å². The van der Waals surface area contributed by atoms with Crippen molar-refractivity contribution in [3.63, 3.8) is 0 Å². The molecule has 0 aliphatic heterocycles. The normalized spacial score (nSPS) is 9.12. The van der Waals surface area contributed by atoms with Gasteiger partial charge < -0.3 is 5.73 Å². The van der Waals surface area contributed by atoms with E-state index in [1.54, 1.807) is 0 Å². The number of nitrogens with zero attached hydrogens (tertiary/aromatic N) is 1.